The molecule has 202 valence electrons. The van der Waals surface area contributed by atoms with Crippen LogP contribution in [0.5, 0.6) is 0 Å². The summed E-state index contributed by atoms with van der Waals surface area (Å²) in [7, 11) is 0. The van der Waals surface area contributed by atoms with E-state index < -0.39 is 0 Å². The first-order chi connectivity index (χ1) is 18.8. The first kappa shape index (κ1) is 27.6. The lowest BCUT2D eigenvalue weighted by atomic mass is 9.84. The van der Waals surface area contributed by atoms with Crippen LogP contribution in [0.2, 0.25) is 0 Å². The summed E-state index contributed by atoms with van der Waals surface area (Å²) in [5, 5.41) is 0. The molecular formula is C34H42S4. The summed E-state index contributed by atoms with van der Waals surface area (Å²) in [5.74, 6) is 20.9. The number of thioether (sulfide) groups is 4. The molecule has 0 unspecified atom stereocenters. The molecule has 8 aliphatic heterocycles. The van der Waals surface area contributed by atoms with Crippen molar-refractivity contribution in [2.75, 3.05) is 23.0 Å². The zero-order valence-electron chi connectivity index (χ0n) is 22.7. The molecule has 0 nitrogen and oxygen atoms in total. The fourth-order valence-electron chi connectivity index (χ4n) is 6.53. The second-order valence-electron chi connectivity index (χ2n) is 12.1. The first-order valence-corrected chi connectivity index (χ1v) is 19.5. The summed E-state index contributed by atoms with van der Waals surface area (Å²) in [6, 6.07) is 14.3. The van der Waals surface area contributed by atoms with Crippen LogP contribution in [0.4, 0.5) is 0 Å². The Morgan fingerprint density at radius 3 is 1.16 bits per heavy atom. The maximum Gasteiger partial charge on any atom is 0.0292 e. The zero-order valence-corrected chi connectivity index (χ0v) is 26.0. The molecule has 0 radical (unpaired) electrons. The quantitative estimate of drug-likeness (QED) is 0.285. The Morgan fingerprint density at radius 2 is 0.789 bits per heavy atom. The van der Waals surface area contributed by atoms with Gasteiger partial charge in [-0.2, -0.15) is 47.0 Å². The van der Waals surface area contributed by atoms with E-state index in [1.54, 1.807) is 0 Å². The minimum atomic E-state index is 0.925. The third kappa shape index (κ3) is 7.57. The second kappa shape index (κ2) is 13.8. The molecule has 2 aliphatic carbocycles. The molecule has 12 rings (SSSR count). The lowest BCUT2D eigenvalue weighted by Crippen LogP contribution is -2.18. The van der Waals surface area contributed by atoms with Crippen molar-refractivity contribution in [1.82, 2.24) is 0 Å². The fourth-order valence-corrected chi connectivity index (χ4v) is 11.4. The molecule has 2 aromatic rings. The van der Waals surface area contributed by atoms with Crippen LogP contribution in [0.25, 0.3) is 0 Å². The Kier molecular flexibility index (Phi) is 10.0. The van der Waals surface area contributed by atoms with Crippen molar-refractivity contribution in [3.63, 3.8) is 0 Å². The monoisotopic (exact) mass is 578 g/mol. The van der Waals surface area contributed by atoms with E-state index in [-0.39, 0.29) is 0 Å². The van der Waals surface area contributed by atoms with Crippen LogP contribution in [0.3, 0.4) is 0 Å². The average molecular weight is 579 g/mol. The van der Waals surface area contributed by atoms with Crippen molar-refractivity contribution in [2.24, 2.45) is 23.7 Å². The van der Waals surface area contributed by atoms with E-state index >= 15 is 0 Å². The van der Waals surface area contributed by atoms with E-state index in [0.717, 1.165) is 46.7 Å². The van der Waals surface area contributed by atoms with Gasteiger partial charge in [0.2, 0.25) is 0 Å². The number of hydrogen-bond acceptors (Lipinski definition) is 4. The summed E-state index contributed by atoms with van der Waals surface area (Å²) in [5.41, 5.74) is 8.30. The predicted molar refractivity (Wildman–Crippen MR) is 174 cm³/mol. The van der Waals surface area contributed by atoms with Gasteiger partial charge in [-0.15, -0.1) is 0 Å². The van der Waals surface area contributed by atoms with Crippen molar-refractivity contribution < 1.29 is 0 Å². The van der Waals surface area contributed by atoms with E-state index in [9.17, 15) is 0 Å². The fraction of sp³-hybridized carbons (Fsp3) is 0.588. The Labute approximate surface area is 248 Å². The molecule has 38 heavy (non-hydrogen) atoms. The Bertz CT molecular complexity index is 1040. The molecule has 2 fully saturated rings. The summed E-state index contributed by atoms with van der Waals surface area (Å²) in [4.78, 5) is 0. The lowest BCUT2D eigenvalue weighted by Gasteiger charge is -2.28. The third-order valence-electron chi connectivity index (χ3n) is 9.08. The molecule has 4 heteroatoms. The molecule has 0 aromatic heterocycles. The highest BCUT2D eigenvalue weighted by atomic mass is 32.2. The van der Waals surface area contributed by atoms with E-state index in [1.807, 2.05) is 0 Å². The van der Waals surface area contributed by atoms with Crippen LogP contribution in [0.15, 0.2) is 36.4 Å². The van der Waals surface area contributed by atoms with Gasteiger partial charge in [0.1, 0.15) is 0 Å². The second-order valence-corrected chi connectivity index (χ2v) is 16.2. The highest BCUT2D eigenvalue weighted by Crippen LogP contribution is 2.36. The minimum absolute atomic E-state index is 0.925. The van der Waals surface area contributed by atoms with Gasteiger partial charge >= 0.3 is 0 Å². The standard InChI is InChI=1S/C34H42S4/c1-5-27-6-2-25(1)17-35-21-29-9-11-33(23-37-19-27)31(15-29)13-14-32-16-30-10-12-34(32)24-38-20-28-7-3-26(4-8-28)18-36-22-30/h9-12,15-16,25-28H,1-8,17-24H2. The summed E-state index contributed by atoms with van der Waals surface area (Å²) >= 11 is 8.58. The normalized spacial score (nSPS) is 28.3. The SMILES string of the molecule is C(#Cc1cc2ccc1CSCC1CCC(CC1)CSC2)c1cc2ccc1CSCC1CCC(CC1)CSC2. The first-order valence-electron chi connectivity index (χ1n) is 14.8. The van der Waals surface area contributed by atoms with Gasteiger partial charge in [-0.25, -0.2) is 0 Å². The van der Waals surface area contributed by atoms with Gasteiger partial charge in [0, 0.05) is 34.1 Å². The molecule has 2 aromatic carbocycles. The average Bonchev–Trinajstić information content (AvgIpc) is 2.95. The topological polar surface area (TPSA) is 0 Å². The van der Waals surface area contributed by atoms with Gasteiger partial charge in [-0.05, 0) is 132 Å². The number of benzene rings is 2. The van der Waals surface area contributed by atoms with E-state index in [1.165, 1.54) is 108 Å². The molecular weight excluding hydrogens is 537 g/mol. The predicted octanol–water partition coefficient (Wildman–Crippen LogP) is 9.66. The molecule has 0 atom stereocenters. The largest absolute Gasteiger partial charge is 0.157 e. The Hall–Kier alpha value is -0.600. The van der Waals surface area contributed by atoms with Crippen LogP contribution in [-0.2, 0) is 23.0 Å². The number of rotatable bonds is 0. The van der Waals surface area contributed by atoms with E-state index in [2.05, 4.69) is 95.3 Å². The van der Waals surface area contributed by atoms with Gasteiger partial charge < -0.3 is 0 Å². The van der Waals surface area contributed by atoms with Crippen LogP contribution in [0.1, 0.15) is 84.7 Å². The molecule has 0 spiro atoms. The molecule has 2 saturated carbocycles. The van der Waals surface area contributed by atoms with Crippen LogP contribution < -0.4 is 0 Å². The number of hydrogen-bond donors (Lipinski definition) is 0. The maximum absolute atomic E-state index is 3.71. The van der Waals surface area contributed by atoms with Crippen molar-refractivity contribution >= 4 is 47.0 Å². The van der Waals surface area contributed by atoms with Gasteiger partial charge in [0.05, 0.1) is 0 Å². The minimum Gasteiger partial charge on any atom is -0.157 e. The summed E-state index contributed by atoms with van der Waals surface area (Å²) in [6.45, 7) is 0. The van der Waals surface area contributed by atoms with Crippen LogP contribution >= 0.6 is 47.0 Å². The Morgan fingerprint density at radius 1 is 0.447 bits per heavy atom. The Balaban J connectivity index is 1.24. The molecule has 8 heterocycles. The smallest absolute Gasteiger partial charge is 0.0292 e. The highest BCUT2D eigenvalue weighted by Gasteiger charge is 2.23. The van der Waals surface area contributed by atoms with Crippen molar-refractivity contribution in [3.05, 3.63) is 69.8 Å². The van der Waals surface area contributed by atoms with Crippen molar-refractivity contribution in [3.8, 4) is 11.8 Å². The lowest BCUT2D eigenvalue weighted by molar-refractivity contribution is 0.315. The molecule has 0 N–H and O–H groups in total. The summed E-state index contributed by atoms with van der Waals surface area (Å²) < 4.78 is 0. The highest BCUT2D eigenvalue weighted by molar-refractivity contribution is 7.99. The third-order valence-corrected chi connectivity index (χ3v) is 14.0. The van der Waals surface area contributed by atoms with E-state index in [4.69, 9.17) is 0 Å². The van der Waals surface area contributed by atoms with Crippen LogP contribution in [0, 0.1) is 35.5 Å². The van der Waals surface area contributed by atoms with Crippen LogP contribution in [-0.4, -0.2) is 23.0 Å². The van der Waals surface area contributed by atoms with Gasteiger partial charge in [-0.1, -0.05) is 36.1 Å². The van der Waals surface area contributed by atoms with Gasteiger partial charge in [0.15, 0.2) is 0 Å². The molecule has 0 amide bonds. The summed E-state index contributed by atoms with van der Waals surface area (Å²) in [6.07, 6.45) is 11.6. The molecule has 0 saturated heterocycles. The maximum atomic E-state index is 3.71. The zero-order chi connectivity index (χ0) is 25.6. The van der Waals surface area contributed by atoms with Gasteiger partial charge in [0.25, 0.3) is 0 Å². The molecule has 10 aliphatic rings. The molecule has 8 bridgehead atoms. The van der Waals surface area contributed by atoms with E-state index in [0.29, 0.717) is 0 Å². The van der Waals surface area contributed by atoms with Crippen molar-refractivity contribution in [2.45, 2.75) is 74.4 Å². The van der Waals surface area contributed by atoms with Gasteiger partial charge in [-0.3, -0.25) is 0 Å². The van der Waals surface area contributed by atoms with Crippen molar-refractivity contribution in [1.29, 1.82) is 0 Å².